The van der Waals surface area contributed by atoms with Crippen molar-refractivity contribution in [2.75, 3.05) is 25.5 Å². The molecule has 116 valence electrons. The molecule has 0 saturated carbocycles. The van der Waals surface area contributed by atoms with E-state index in [-0.39, 0.29) is 10.6 Å². The Morgan fingerprint density at radius 1 is 1.38 bits per heavy atom. The minimum atomic E-state index is -0.344. The molecule has 0 radical (unpaired) electrons. The Morgan fingerprint density at radius 2 is 2.05 bits per heavy atom. The summed E-state index contributed by atoms with van der Waals surface area (Å²) in [4.78, 5) is 13.0. The molecule has 0 unspecified atom stereocenters. The topological polar surface area (TPSA) is 58.4 Å². The summed E-state index contributed by atoms with van der Waals surface area (Å²) in [6, 6.07) is 5.36. The highest BCUT2D eigenvalue weighted by Crippen LogP contribution is 2.28. The molecule has 0 atom stereocenters. The number of nitrogens with one attached hydrogen (secondary N) is 1. The summed E-state index contributed by atoms with van der Waals surface area (Å²) in [6.07, 6.45) is 2.51. The summed E-state index contributed by atoms with van der Waals surface area (Å²) in [6.45, 7) is 7.71. The monoisotopic (exact) mass is 291 g/mol. The maximum absolute atomic E-state index is 10.9. The lowest BCUT2D eigenvalue weighted by atomic mass is 9.86. The van der Waals surface area contributed by atoms with Crippen LogP contribution in [0.15, 0.2) is 18.2 Å². The van der Waals surface area contributed by atoms with Crippen molar-refractivity contribution in [3.63, 3.8) is 0 Å². The van der Waals surface area contributed by atoms with Gasteiger partial charge in [-0.25, -0.2) is 0 Å². The summed E-state index contributed by atoms with van der Waals surface area (Å²) in [5.74, 6) is 1.60. The van der Waals surface area contributed by atoms with Crippen LogP contribution < -0.4 is 5.32 Å². The summed E-state index contributed by atoms with van der Waals surface area (Å²) in [7, 11) is 1.72. The maximum atomic E-state index is 10.9. The third-order valence-electron chi connectivity index (χ3n) is 4.51. The summed E-state index contributed by atoms with van der Waals surface area (Å²) in [5, 5.41) is 13.9. The molecule has 0 spiro atoms. The maximum Gasteiger partial charge on any atom is 0.292 e. The van der Waals surface area contributed by atoms with Gasteiger partial charge < -0.3 is 5.32 Å². The second-order valence-electron chi connectivity index (χ2n) is 6.22. The van der Waals surface area contributed by atoms with Crippen LogP contribution in [0.25, 0.3) is 0 Å². The number of nitro benzene ring substituents is 1. The van der Waals surface area contributed by atoms with Crippen molar-refractivity contribution in [2.24, 2.45) is 11.8 Å². The highest BCUT2D eigenvalue weighted by molar-refractivity contribution is 5.62. The van der Waals surface area contributed by atoms with Crippen molar-refractivity contribution >= 4 is 11.4 Å². The molecule has 1 aromatic carbocycles. The van der Waals surface area contributed by atoms with Gasteiger partial charge in [0.1, 0.15) is 5.69 Å². The van der Waals surface area contributed by atoms with E-state index >= 15 is 0 Å². The van der Waals surface area contributed by atoms with E-state index < -0.39 is 0 Å². The van der Waals surface area contributed by atoms with Gasteiger partial charge in [-0.1, -0.05) is 19.9 Å². The molecule has 5 nitrogen and oxygen atoms in total. The van der Waals surface area contributed by atoms with Crippen LogP contribution in [-0.4, -0.2) is 30.0 Å². The van der Waals surface area contributed by atoms with E-state index in [1.54, 1.807) is 13.1 Å². The molecule has 0 amide bonds. The zero-order chi connectivity index (χ0) is 15.4. The third kappa shape index (κ3) is 3.94. The molecule has 0 bridgehead atoms. The molecule has 1 heterocycles. The van der Waals surface area contributed by atoms with Crippen molar-refractivity contribution in [3.05, 3.63) is 33.9 Å². The van der Waals surface area contributed by atoms with Crippen LogP contribution in [0.3, 0.4) is 0 Å². The van der Waals surface area contributed by atoms with E-state index in [9.17, 15) is 10.1 Å². The summed E-state index contributed by atoms with van der Waals surface area (Å²) < 4.78 is 0. The fourth-order valence-electron chi connectivity index (χ4n) is 3.08. The molecule has 1 aliphatic rings. The normalized spacial score (nSPS) is 17.1. The number of hydrogen-bond acceptors (Lipinski definition) is 4. The van der Waals surface area contributed by atoms with Gasteiger partial charge in [-0.05, 0) is 49.4 Å². The first-order chi connectivity index (χ1) is 10.0. The number of hydrogen-bond donors (Lipinski definition) is 1. The Balaban J connectivity index is 1.99. The fraction of sp³-hybridized carbons (Fsp3) is 0.625. The van der Waals surface area contributed by atoms with Crippen LogP contribution in [0.1, 0.15) is 32.3 Å². The second kappa shape index (κ2) is 6.89. The Kier molecular flexibility index (Phi) is 5.17. The molecule has 1 aliphatic heterocycles. The molecule has 2 rings (SSSR count). The molecule has 1 N–H and O–H groups in total. The number of anilines is 1. The van der Waals surface area contributed by atoms with E-state index in [1.807, 2.05) is 12.1 Å². The third-order valence-corrected chi connectivity index (χ3v) is 4.51. The molecule has 0 aromatic heterocycles. The van der Waals surface area contributed by atoms with Gasteiger partial charge in [0.05, 0.1) is 4.92 Å². The molecular weight excluding hydrogens is 266 g/mol. The first-order valence-electron chi connectivity index (χ1n) is 7.68. The Hall–Kier alpha value is -1.62. The predicted octanol–water partition coefficient (Wildman–Crippen LogP) is 3.50. The largest absolute Gasteiger partial charge is 0.383 e. The Morgan fingerprint density at radius 3 is 2.57 bits per heavy atom. The molecule has 1 saturated heterocycles. The van der Waals surface area contributed by atoms with Gasteiger partial charge in [0.2, 0.25) is 0 Å². The van der Waals surface area contributed by atoms with Gasteiger partial charge in [0.25, 0.3) is 5.69 Å². The zero-order valence-corrected chi connectivity index (χ0v) is 13.1. The quantitative estimate of drug-likeness (QED) is 0.666. The van der Waals surface area contributed by atoms with Gasteiger partial charge in [-0.15, -0.1) is 0 Å². The second-order valence-corrected chi connectivity index (χ2v) is 6.22. The van der Waals surface area contributed by atoms with Gasteiger partial charge >= 0.3 is 0 Å². The first kappa shape index (κ1) is 15.8. The van der Waals surface area contributed by atoms with Crippen LogP contribution in [0, 0.1) is 22.0 Å². The van der Waals surface area contributed by atoms with Crippen molar-refractivity contribution in [1.82, 2.24) is 4.90 Å². The van der Waals surface area contributed by atoms with Crippen LogP contribution in [0.5, 0.6) is 0 Å². The molecule has 1 aromatic rings. The van der Waals surface area contributed by atoms with E-state index in [4.69, 9.17) is 0 Å². The highest BCUT2D eigenvalue weighted by Gasteiger charge is 2.22. The molecule has 5 heteroatoms. The minimum Gasteiger partial charge on any atom is -0.383 e. The average Bonchev–Trinajstić information content (AvgIpc) is 2.47. The average molecular weight is 291 g/mol. The predicted molar refractivity (Wildman–Crippen MR) is 85.5 cm³/mol. The van der Waals surface area contributed by atoms with Gasteiger partial charge in [0.15, 0.2) is 0 Å². The number of benzene rings is 1. The molecule has 21 heavy (non-hydrogen) atoms. The highest BCUT2D eigenvalue weighted by atomic mass is 16.6. The van der Waals surface area contributed by atoms with E-state index in [2.05, 4.69) is 24.1 Å². The first-order valence-corrected chi connectivity index (χ1v) is 7.68. The molecular formula is C16H25N3O2. The number of rotatable bonds is 5. The summed E-state index contributed by atoms with van der Waals surface area (Å²) in [5.41, 5.74) is 1.86. The van der Waals surface area contributed by atoms with Crippen LogP contribution in [0.4, 0.5) is 11.4 Å². The van der Waals surface area contributed by atoms with Gasteiger partial charge in [-0.3, -0.25) is 15.0 Å². The lowest BCUT2D eigenvalue weighted by Gasteiger charge is -2.33. The minimum absolute atomic E-state index is 0.139. The number of piperidine rings is 1. The van der Waals surface area contributed by atoms with Crippen LogP contribution in [0.2, 0.25) is 0 Å². The van der Waals surface area contributed by atoms with Crippen LogP contribution in [-0.2, 0) is 6.54 Å². The number of nitro groups is 1. The Bertz CT molecular complexity index is 494. The number of nitrogens with zero attached hydrogens (tertiary/aromatic N) is 2. The lowest BCUT2D eigenvalue weighted by molar-refractivity contribution is -0.384. The Labute approximate surface area is 126 Å². The van der Waals surface area contributed by atoms with E-state index in [1.165, 1.54) is 12.8 Å². The SMILES string of the molecule is CNc1cc(CN2CCC(C(C)C)CC2)ccc1[N+](=O)[O-]. The lowest BCUT2D eigenvalue weighted by Crippen LogP contribution is -2.34. The van der Waals surface area contributed by atoms with Gasteiger partial charge in [0, 0.05) is 19.7 Å². The van der Waals surface area contributed by atoms with Crippen molar-refractivity contribution in [1.29, 1.82) is 0 Å². The fourth-order valence-corrected chi connectivity index (χ4v) is 3.08. The van der Waals surface area contributed by atoms with Crippen molar-refractivity contribution in [3.8, 4) is 0 Å². The van der Waals surface area contributed by atoms with E-state index in [0.29, 0.717) is 5.69 Å². The van der Waals surface area contributed by atoms with Crippen molar-refractivity contribution in [2.45, 2.75) is 33.2 Å². The number of likely N-dealkylation sites (tertiary alicyclic amines) is 1. The zero-order valence-electron chi connectivity index (χ0n) is 13.1. The van der Waals surface area contributed by atoms with Crippen molar-refractivity contribution < 1.29 is 4.92 Å². The standard InChI is InChI=1S/C16H25N3O2/c1-12(2)14-6-8-18(9-7-14)11-13-4-5-16(19(20)21)15(10-13)17-3/h4-5,10,12,14,17H,6-9,11H2,1-3H3. The smallest absolute Gasteiger partial charge is 0.292 e. The van der Waals surface area contributed by atoms with Gasteiger partial charge in [-0.2, -0.15) is 0 Å². The molecule has 1 fully saturated rings. The summed E-state index contributed by atoms with van der Waals surface area (Å²) >= 11 is 0. The van der Waals surface area contributed by atoms with Crippen LogP contribution >= 0.6 is 0 Å². The van der Waals surface area contributed by atoms with E-state index in [0.717, 1.165) is 37.0 Å². The molecule has 0 aliphatic carbocycles.